The Bertz CT molecular complexity index is 207. The van der Waals surface area contributed by atoms with Crippen molar-refractivity contribution in [3.63, 3.8) is 0 Å². The van der Waals surface area contributed by atoms with Gasteiger partial charge in [-0.15, -0.1) is 0 Å². The van der Waals surface area contributed by atoms with Crippen molar-refractivity contribution in [3.05, 3.63) is 0 Å². The van der Waals surface area contributed by atoms with Crippen LogP contribution in [0.1, 0.15) is 51.9 Å². The first-order valence-electron chi connectivity index (χ1n) is 6.06. The quantitative estimate of drug-likeness (QED) is 0.316. The van der Waals surface area contributed by atoms with Crippen molar-refractivity contribution in [2.45, 2.75) is 58.2 Å². The van der Waals surface area contributed by atoms with Crippen molar-refractivity contribution in [2.75, 3.05) is 0 Å². The molecule has 0 amide bonds. The third kappa shape index (κ3) is 38.5. The van der Waals surface area contributed by atoms with Gasteiger partial charge in [-0.1, -0.05) is 39.0 Å². The Balaban J connectivity index is 0. The fourth-order valence-corrected chi connectivity index (χ4v) is 1.23. The minimum Gasteiger partial charge on any atom is -0.450 e. The zero-order valence-electron chi connectivity index (χ0n) is 10.9. The van der Waals surface area contributed by atoms with Crippen LogP contribution in [0.5, 0.6) is 0 Å². The third-order valence-electron chi connectivity index (χ3n) is 2.03. The van der Waals surface area contributed by atoms with Crippen LogP contribution in [-0.4, -0.2) is 39.0 Å². The molecule has 0 saturated carbocycles. The molecule has 0 bridgehead atoms. The summed E-state index contributed by atoms with van der Waals surface area (Å²) in [4.78, 5) is 26.4. The lowest BCUT2D eigenvalue weighted by Crippen LogP contribution is -1.84. The Morgan fingerprint density at radius 1 is 0.842 bits per heavy atom. The van der Waals surface area contributed by atoms with E-state index >= 15 is 0 Å². The van der Waals surface area contributed by atoms with E-state index in [1.165, 1.54) is 38.5 Å². The summed E-state index contributed by atoms with van der Waals surface area (Å²) in [6.07, 6.45) is 5.65. The molecule has 0 atom stereocenters. The van der Waals surface area contributed by atoms with Crippen LogP contribution in [0.25, 0.3) is 0 Å². The monoisotopic (exact) mass is 282 g/mol. The van der Waals surface area contributed by atoms with Gasteiger partial charge in [0, 0.05) is 6.42 Å². The molecule has 1 aliphatic rings. The van der Waals surface area contributed by atoms with Crippen molar-refractivity contribution in [1.29, 1.82) is 0 Å². The maximum Gasteiger partial charge on any atom is 0.503 e. The SMILES string of the molecule is CCCCCCCCC1OO1.O=C(O)O.O=C(O)O. The zero-order chi connectivity index (χ0) is 15.1. The van der Waals surface area contributed by atoms with Crippen molar-refractivity contribution >= 4 is 12.3 Å². The van der Waals surface area contributed by atoms with Crippen LogP contribution in [0.15, 0.2) is 0 Å². The van der Waals surface area contributed by atoms with Crippen molar-refractivity contribution in [2.24, 2.45) is 0 Å². The van der Waals surface area contributed by atoms with Crippen LogP contribution in [0, 0.1) is 0 Å². The van der Waals surface area contributed by atoms with Crippen LogP contribution in [-0.2, 0) is 9.78 Å². The van der Waals surface area contributed by atoms with Crippen molar-refractivity contribution < 1.29 is 39.8 Å². The molecule has 8 nitrogen and oxygen atoms in total. The molecule has 114 valence electrons. The lowest BCUT2D eigenvalue weighted by Gasteiger charge is -1.96. The van der Waals surface area contributed by atoms with Crippen LogP contribution in [0.2, 0.25) is 0 Å². The highest BCUT2D eigenvalue weighted by Gasteiger charge is 2.24. The molecule has 1 fully saturated rings. The molecule has 0 aliphatic carbocycles. The molecule has 19 heavy (non-hydrogen) atoms. The van der Waals surface area contributed by atoms with E-state index in [-0.39, 0.29) is 6.29 Å². The fraction of sp³-hybridized carbons (Fsp3) is 0.818. The average molecular weight is 282 g/mol. The van der Waals surface area contributed by atoms with Gasteiger partial charge in [-0.3, -0.25) is 0 Å². The number of carboxylic acid groups (broad SMARTS) is 4. The minimum absolute atomic E-state index is 0.154. The summed E-state index contributed by atoms with van der Waals surface area (Å²) in [7, 11) is 0. The van der Waals surface area contributed by atoms with E-state index in [4.69, 9.17) is 30.0 Å². The molecule has 0 aromatic carbocycles. The molecule has 1 saturated heterocycles. The zero-order valence-corrected chi connectivity index (χ0v) is 10.9. The first-order valence-corrected chi connectivity index (χ1v) is 6.06. The maximum atomic E-state index is 8.56. The molecule has 0 unspecified atom stereocenters. The summed E-state index contributed by atoms with van der Waals surface area (Å²) in [5.74, 6) is 0. The Hall–Kier alpha value is -1.54. The normalized spacial score (nSPS) is 12.5. The molecular formula is C11H22O8. The Morgan fingerprint density at radius 3 is 1.58 bits per heavy atom. The van der Waals surface area contributed by atoms with Gasteiger partial charge < -0.3 is 20.4 Å². The molecule has 0 aromatic heterocycles. The molecule has 8 heteroatoms. The van der Waals surface area contributed by atoms with E-state index in [1.807, 2.05) is 0 Å². The van der Waals surface area contributed by atoms with Crippen LogP contribution >= 0.6 is 0 Å². The van der Waals surface area contributed by atoms with E-state index < -0.39 is 12.3 Å². The van der Waals surface area contributed by atoms with Gasteiger partial charge in [-0.05, 0) is 6.42 Å². The standard InChI is InChI=1S/C9H18O2.2CH2O3/c1-2-3-4-5-6-7-8-9-10-11-9;2*2-1(3)4/h9H,2-8H2,1H3;2*(H2,2,3,4). The molecule has 4 N–H and O–H groups in total. The second-order valence-electron chi connectivity index (χ2n) is 3.74. The fourth-order valence-electron chi connectivity index (χ4n) is 1.23. The second kappa shape index (κ2) is 14.5. The summed E-state index contributed by atoms with van der Waals surface area (Å²) in [6, 6.07) is 0. The highest BCUT2D eigenvalue weighted by Crippen LogP contribution is 2.19. The molecular weight excluding hydrogens is 260 g/mol. The molecule has 1 heterocycles. The maximum absolute atomic E-state index is 8.56. The van der Waals surface area contributed by atoms with Gasteiger partial charge in [0.05, 0.1) is 0 Å². The molecule has 1 aliphatic heterocycles. The van der Waals surface area contributed by atoms with E-state index in [0.717, 1.165) is 6.42 Å². The number of unbranched alkanes of at least 4 members (excludes halogenated alkanes) is 5. The predicted molar refractivity (Wildman–Crippen MR) is 65.3 cm³/mol. The smallest absolute Gasteiger partial charge is 0.450 e. The van der Waals surface area contributed by atoms with Gasteiger partial charge in [0.25, 0.3) is 0 Å². The van der Waals surface area contributed by atoms with E-state index in [1.54, 1.807) is 0 Å². The van der Waals surface area contributed by atoms with E-state index in [2.05, 4.69) is 16.7 Å². The number of hydrogen-bond acceptors (Lipinski definition) is 4. The molecule has 1 rings (SSSR count). The largest absolute Gasteiger partial charge is 0.503 e. The third-order valence-corrected chi connectivity index (χ3v) is 2.03. The van der Waals surface area contributed by atoms with Crippen molar-refractivity contribution in [3.8, 4) is 0 Å². The first kappa shape index (κ1) is 19.8. The Kier molecular flexibility index (Phi) is 15.1. The molecule has 0 aromatic rings. The van der Waals surface area contributed by atoms with E-state index in [9.17, 15) is 0 Å². The number of carbonyl (C=O) groups is 2. The van der Waals surface area contributed by atoms with Gasteiger partial charge in [-0.25, -0.2) is 9.59 Å². The summed E-state index contributed by atoms with van der Waals surface area (Å²) < 4.78 is 0. The second-order valence-corrected chi connectivity index (χ2v) is 3.74. The molecule has 0 radical (unpaired) electrons. The first-order chi connectivity index (χ1) is 8.90. The summed E-state index contributed by atoms with van der Waals surface area (Å²) in [6.45, 7) is 2.24. The molecule has 0 spiro atoms. The van der Waals surface area contributed by atoms with Crippen molar-refractivity contribution in [1.82, 2.24) is 0 Å². The highest BCUT2D eigenvalue weighted by molar-refractivity contribution is 5.53. The lowest BCUT2D eigenvalue weighted by molar-refractivity contribution is 0.0850. The van der Waals surface area contributed by atoms with Gasteiger partial charge in [0.1, 0.15) is 0 Å². The minimum atomic E-state index is -1.83. The summed E-state index contributed by atoms with van der Waals surface area (Å²) >= 11 is 0. The summed E-state index contributed by atoms with van der Waals surface area (Å²) in [5.41, 5.74) is 0. The number of rotatable bonds is 7. The van der Waals surface area contributed by atoms with Gasteiger partial charge in [0.15, 0.2) is 0 Å². The van der Waals surface area contributed by atoms with Gasteiger partial charge >= 0.3 is 12.3 Å². The lowest BCUT2D eigenvalue weighted by atomic mass is 10.1. The van der Waals surface area contributed by atoms with Crippen LogP contribution in [0.3, 0.4) is 0 Å². The van der Waals surface area contributed by atoms with Gasteiger partial charge in [-0.2, -0.15) is 9.78 Å². The Morgan fingerprint density at radius 2 is 1.21 bits per heavy atom. The average Bonchev–Trinajstić information content (AvgIpc) is 3.05. The van der Waals surface area contributed by atoms with Crippen LogP contribution < -0.4 is 0 Å². The van der Waals surface area contributed by atoms with E-state index in [0.29, 0.717) is 0 Å². The topological polar surface area (TPSA) is 140 Å². The summed E-state index contributed by atoms with van der Waals surface area (Å²) in [5, 5.41) is 27.9. The van der Waals surface area contributed by atoms with Gasteiger partial charge in [0.2, 0.25) is 6.29 Å². The van der Waals surface area contributed by atoms with Crippen LogP contribution in [0.4, 0.5) is 9.59 Å². The highest BCUT2D eigenvalue weighted by atomic mass is 17.4. The number of hydrogen-bond donors (Lipinski definition) is 4. The Labute approximate surface area is 111 Å². The predicted octanol–water partition coefficient (Wildman–Crippen LogP) is 3.47.